The molecule has 0 heterocycles. The van der Waals surface area contributed by atoms with Gasteiger partial charge in [-0.05, 0) is 50.5 Å². The Morgan fingerprint density at radius 2 is 1.90 bits per heavy atom. The lowest BCUT2D eigenvalue weighted by atomic mass is 10.3. The van der Waals surface area contributed by atoms with E-state index < -0.39 is 0 Å². The van der Waals surface area contributed by atoms with Crippen LogP contribution in [0, 0.1) is 0 Å². The third-order valence-electron chi connectivity index (χ3n) is 3.22. The summed E-state index contributed by atoms with van der Waals surface area (Å²) >= 11 is 0. The molecule has 1 saturated carbocycles. The smallest absolute Gasteiger partial charge is 0.407 e. The minimum Gasteiger partial charge on any atom is -0.491 e. The number of benzene rings is 1. The molecule has 0 saturated heterocycles. The monoisotopic (exact) mass is 293 g/mol. The predicted molar refractivity (Wildman–Crippen MR) is 79.8 cm³/mol. The van der Waals surface area contributed by atoms with Crippen molar-refractivity contribution in [2.24, 2.45) is 0 Å². The molecule has 0 radical (unpaired) electrons. The molecule has 2 rings (SSSR count). The van der Waals surface area contributed by atoms with Crippen LogP contribution in [0.25, 0.3) is 0 Å². The number of hydrogen-bond donors (Lipinski definition) is 1. The maximum absolute atomic E-state index is 11.3. The fourth-order valence-corrected chi connectivity index (χ4v) is 1.66. The van der Waals surface area contributed by atoms with Crippen molar-refractivity contribution in [3.63, 3.8) is 0 Å². The van der Waals surface area contributed by atoms with Crippen LogP contribution >= 0.6 is 0 Å². The highest BCUT2D eigenvalue weighted by Gasteiger charge is 2.23. The van der Waals surface area contributed by atoms with Gasteiger partial charge in [0, 0.05) is 6.04 Å². The highest BCUT2D eigenvalue weighted by Crippen LogP contribution is 2.19. The molecule has 116 valence electrons. The summed E-state index contributed by atoms with van der Waals surface area (Å²) < 4.78 is 16.2. The standard InChI is InChI=1S/C16H23NO4/c1-3-12(2)21-15-8-6-14(7-9-15)19-10-11-20-16(18)17-13-4-5-13/h6-9,12-13H,3-5,10-11H2,1-2H3,(H,17,18). The van der Waals surface area contributed by atoms with Crippen molar-refractivity contribution in [3.05, 3.63) is 24.3 Å². The van der Waals surface area contributed by atoms with Gasteiger partial charge in [-0.15, -0.1) is 0 Å². The first-order valence-electron chi connectivity index (χ1n) is 7.50. The molecule has 1 N–H and O–H groups in total. The molecule has 0 aliphatic heterocycles. The molecule has 1 aliphatic rings. The first kappa shape index (κ1) is 15.5. The number of ether oxygens (including phenoxy) is 3. The van der Waals surface area contributed by atoms with Crippen molar-refractivity contribution < 1.29 is 19.0 Å². The van der Waals surface area contributed by atoms with Gasteiger partial charge in [0.05, 0.1) is 6.10 Å². The normalized spacial score (nSPS) is 15.1. The lowest BCUT2D eigenvalue weighted by Gasteiger charge is -2.13. The van der Waals surface area contributed by atoms with E-state index in [0.29, 0.717) is 12.6 Å². The molecule has 0 spiro atoms. The van der Waals surface area contributed by atoms with Crippen molar-refractivity contribution in [1.29, 1.82) is 0 Å². The first-order valence-corrected chi connectivity index (χ1v) is 7.50. The van der Waals surface area contributed by atoms with Gasteiger partial charge in [0.25, 0.3) is 0 Å². The number of carbonyl (C=O) groups excluding carboxylic acids is 1. The third kappa shape index (κ3) is 5.94. The molecule has 1 aromatic rings. The average molecular weight is 293 g/mol. The van der Waals surface area contributed by atoms with E-state index in [-0.39, 0.29) is 18.8 Å². The van der Waals surface area contributed by atoms with Crippen LogP contribution in [0.2, 0.25) is 0 Å². The predicted octanol–water partition coefficient (Wildman–Crippen LogP) is 3.13. The summed E-state index contributed by atoms with van der Waals surface area (Å²) in [5.74, 6) is 1.56. The van der Waals surface area contributed by atoms with Crippen LogP contribution < -0.4 is 14.8 Å². The van der Waals surface area contributed by atoms with Gasteiger partial charge >= 0.3 is 6.09 Å². The van der Waals surface area contributed by atoms with E-state index in [9.17, 15) is 4.79 Å². The van der Waals surface area contributed by atoms with E-state index in [4.69, 9.17) is 14.2 Å². The molecule has 5 heteroatoms. The number of carbonyl (C=O) groups is 1. The van der Waals surface area contributed by atoms with Gasteiger partial charge in [-0.2, -0.15) is 0 Å². The summed E-state index contributed by atoms with van der Waals surface area (Å²) in [6.45, 7) is 4.70. The molecule has 0 aromatic heterocycles. The quantitative estimate of drug-likeness (QED) is 0.748. The highest BCUT2D eigenvalue weighted by atomic mass is 16.6. The van der Waals surface area contributed by atoms with Gasteiger partial charge in [-0.3, -0.25) is 0 Å². The second kappa shape index (κ2) is 7.76. The van der Waals surface area contributed by atoms with Crippen molar-refractivity contribution in [1.82, 2.24) is 5.32 Å². The minimum absolute atomic E-state index is 0.204. The zero-order valence-corrected chi connectivity index (χ0v) is 12.6. The topological polar surface area (TPSA) is 56.8 Å². The summed E-state index contributed by atoms with van der Waals surface area (Å²) in [4.78, 5) is 11.3. The Morgan fingerprint density at radius 1 is 1.24 bits per heavy atom. The van der Waals surface area contributed by atoms with Crippen LogP contribution in [-0.2, 0) is 4.74 Å². The lowest BCUT2D eigenvalue weighted by Crippen LogP contribution is -2.27. The Hall–Kier alpha value is -1.91. The summed E-state index contributed by atoms with van der Waals surface area (Å²) in [5, 5.41) is 2.75. The van der Waals surface area contributed by atoms with Gasteiger partial charge in [-0.1, -0.05) is 6.92 Å². The van der Waals surface area contributed by atoms with Gasteiger partial charge in [0.2, 0.25) is 0 Å². The fraction of sp³-hybridized carbons (Fsp3) is 0.562. The summed E-state index contributed by atoms with van der Waals surface area (Å²) in [7, 11) is 0. The van der Waals surface area contributed by atoms with E-state index in [1.165, 1.54) is 0 Å². The van der Waals surface area contributed by atoms with E-state index in [1.54, 1.807) is 0 Å². The molecule has 1 unspecified atom stereocenters. The second-order valence-electron chi connectivity index (χ2n) is 5.21. The number of nitrogens with one attached hydrogen (secondary N) is 1. The summed E-state index contributed by atoms with van der Waals surface area (Å²) in [5.41, 5.74) is 0. The Labute approximate surface area is 125 Å². The van der Waals surface area contributed by atoms with Crippen LogP contribution in [0.1, 0.15) is 33.1 Å². The zero-order chi connectivity index (χ0) is 15.1. The number of amides is 1. The van der Waals surface area contributed by atoms with Crippen LogP contribution in [0.5, 0.6) is 11.5 Å². The largest absolute Gasteiger partial charge is 0.491 e. The summed E-state index contributed by atoms with van der Waals surface area (Å²) in [6.07, 6.45) is 2.92. The maximum atomic E-state index is 11.3. The van der Waals surface area contributed by atoms with Crippen LogP contribution in [-0.4, -0.2) is 31.5 Å². The zero-order valence-electron chi connectivity index (χ0n) is 12.6. The maximum Gasteiger partial charge on any atom is 0.407 e. The van der Waals surface area contributed by atoms with E-state index >= 15 is 0 Å². The molecule has 1 amide bonds. The first-order chi connectivity index (χ1) is 10.2. The Kier molecular flexibility index (Phi) is 5.72. The average Bonchev–Trinajstić information content (AvgIpc) is 3.29. The highest BCUT2D eigenvalue weighted by molar-refractivity contribution is 5.67. The van der Waals surface area contributed by atoms with Gasteiger partial charge in [0.1, 0.15) is 24.7 Å². The summed E-state index contributed by atoms with van der Waals surface area (Å²) in [6, 6.07) is 7.77. The third-order valence-corrected chi connectivity index (χ3v) is 3.22. The molecular weight excluding hydrogens is 270 g/mol. The SMILES string of the molecule is CCC(C)Oc1ccc(OCCOC(=O)NC2CC2)cc1. The second-order valence-corrected chi connectivity index (χ2v) is 5.21. The lowest BCUT2D eigenvalue weighted by molar-refractivity contribution is 0.124. The van der Waals surface area contributed by atoms with Crippen molar-refractivity contribution in [2.75, 3.05) is 13.2 Å². The van der Waals surface area contributed by atoms with Crippen molar-refractivity contribution >= 4 is 6.09 Å². The van der Waals surface area contributed by atoms with Crippen molar-refractivity contribution in [2.45, 2.75) is 45.3 Å². The molecule has 1 aromatic carbocycles. The van der Waals surface area contributed by atoms with Gasteiger partial charge < -0.3 is 19.5 Å². The molecule has 1 atom stereocenters. The van der Waals surface area contributed by atoms with Crippen LogP contribution in [0.15, 0.2) is 24.3 Å². The van der Waals surface area contributed by atoms with E-state index in [1.807, 2.05) is 31.2 Å². The Balaban J connectivity index is 1.62. The molecule has 1 aliphatic carbocycles. The van der Waals surface area contributed by atoms with E-state index in [2.05, 4.69) is 12.2 Å². The molecule has 5 nitrogen and oxygen atoms in total. The van der Waals surface area contributed by atoms with Gasteiger partial charge in [-0.25, -0.2) is 4.79 Å². The van der Waals surface area contributed by atoms with Crippen molar-refractivity contribution in [3.8, 4) is 11.5 Å². The fourth-order valence-electron chi connectivity index (χ4n) is 1.66. The molecular formula is C16H23NO4. The van der Waals surface area contributed by atoms with Gasteiger partial charge in [0.15, 0.2) is 0 Å². The van der Waals surface area contributed by atoms with E-state index in [0.717, 1.165) is 30.8 Å². The number of alkyl carbamates (subject to hydrolysis) is 1. The molecule has 0 bridgehead atoms. The molecule has 1 fully saturated rings. The van der Waals surface area contributed by atoms with Crippen LogP contribution in [0.3, 0.4) is 0 Å². The molecule has 21 heavy (non-hydrogen) atoms. The minimum atomic E-state index is -0.363. The number of hydrogen-bond acceptors (Lipinski definition) is 4. The Morgan fingerprint density at radius 3 is 2.52 bits per heavy atom. The Bertz CT molecular complexity index is 442. The van der Waals surface area contributed by atoms with Crippen LogP contribution in [0.4, 0.5) is 4.79 Å². The number of rotatable bonds is 8.